The molecule has 0 N–H and O–H groups in total. The molecule has 162 valence electrons. The van der Waals surface area contributed by atoms with E-state index in [9.17, 15) is 9.59 Å². The Bertz CT molecular complexity index is 1040. The summed E-state index contributed by atoms with van der Waals surface area (Å²) in [4.78, 5) is 34.7. The second-order valence-electron chi connectivity index (χ2n) is 7.74. The van der Waals surface area contributed by atoms with Crippen molar-refractivity contribution < 1.29 is 14.3 Å². The second-order valence-corrected chi connectivity index (χ2v) is 8.18. The molecule has 1 fully saturated rings. The summed E-state index contributed by atoms with van der Waals surface area (Å²) in [5.41, 5.74) is 1.93. The molecular formula is C21H23ClN6O3. The number of carbonyl (C=O) groups is 2. The lowest BCUT2D eigenvalue weighted by atomic mass is 10.1. The van der Waals surface area contributed by atoms with Crippen molar-refractivity contribution >= 4 is 34.9 Å². The first-order chi connectivity index (χ1) is 15.1. The first-order valence-corrected chi connectivity index (χ1v) is 10.8. The van der Waals surface area contributed by atoms with Gasteiger partial charge in [-0.3, -0.25) is 9.59 Å². The summed E-state index contributed by atoms with van der Waals surface area (Å²) in [7, 11) is 0. The SMILES string of the molecule is CCn1cnc2c1C(=O)N1N=C(C(=O)N3CCOCC3)CC1N2Cc1ccc(Cl)cc1. The van der Waals surface area contributed by atoms with Crippen LogP contribution in [-0.4, -0.2) is 69.5 Å². The van der Waals surface area contributed by atoms with Crippen molar-refractivity contribution in [1.82, 2.24) is 19.5 Å². The van der Waals surface area contributed by atoms with E-state index in [0.717, 1.165) is 5.56 Å². The van der Waals surface area contributed by atoms with Crippen LogP contribution in [0, 0.1) is 0 Å². The summed E-state index contributed by atoms with van der Waals surface area (Å²) in [5, 5.41) is 6.60. The third kappa shape index (κ3) is 3.47. The van der Waals surface area contributed by atoms with E-state index in [1.54, 1.807) is 11.2 Å². The maximum atomic E-state index is 13.3. The normalized spacial score (nSPS) is 20.6. The molecule has 0 bridgehead atoms. The van der Waals surface area contributed by atoms with Gasteiger partial charge < -0.3 is 19.1 Å². The van der Waals surface area contributed by atoms with E-state index >= 15 is 0 Å². The Morgan fingerprint density at radius 3 is 2.68 bits per heavy atom. The summed E-state index contributed by atoms with van der Waals surface area (Å²) in [6.07, 6.45) is 1.65. The van der Waals surface area contributed by atoms with Crippen LogP contribution in [0.25, 0.3) is 0 Å². The molecule has 9 nitrogen and oxygen atoms in total. The monoisotopic (exact) mass is 442 g/mol. The standard InChI is InChI=1S/C21H23ClN6O3/c1-2-25-13-23-19-18(25)21(30)28-17(27(19)12-14-3-5-15(22)6-4-14)11-16(24-28)20(29)26-7-9-31-10-8-26/h3-6,13,17H,2,7-12H2,1H3. The first kappa shape index (κ1) is 20.0. The lowest BCUT2D eigenvalue weighted by Crippen LogP contribution is -2.51. The average molecular weight is 443 g/mol. The first-order valence-electron chi connectivity index (χ1n) is 10.4. The molecule has 5 rings (SSSR count). The van der Waals surface area contributed by atoms with Crippen molar-refractivity contribution in [1.29, 1.82) is 0 Å². The Kier molecular flexibility index (Phi) is 5.15. The number of rotatable bonds is 4. The number of imidazole rings is 1. The largest absolute Gasteiger partial charge is 0.378 e. The van der Waals surface area contributed by atoms with E-state index in [4.69, 9.17) is 16.3 Å². The van der Waals surface area contributed by atoms with Crippen molar-refractivity contribution in [2.24, 2.45) is 5.10 Å². The van der Waals surface area contributed by atoms with Gasteiger partial charge in [0.25, 0.3) is 11.8 Å². The van der Waals surface area contributed by atoms with Crippen LogP contribution in [0.5, 0.6) is 0 Å². The van der Waals surface area contributed by atoms with Gasteiger partial charge in [-0.15, -0.1) is 0 Å². The van der Waals surface area contributed by atoms with Crippen LogP contribution in [0.4, 0.5) is 5.82 Å². The van der Waals surface area contributed by atoms with Gasteiger partial charge in [0.2, 0.25) is 0 Å². The van der Waals surface area contributed by atoms with Gasteiger partial charge in [-0.2, -0.15) is 5.10 Å². The van der Waals surface area contributed by atoms with E-state index in [-0.39, 0.29) is 11.8 Å². The molecule has 31 heavy (non-hydrogen) atoms. The number of hydrazone groups is 1. The molecule has 1 aromatic heterocycles. The van der Waals surface area contributed by atoms with Gasteiger partial charge in [-0.1, -0.05) is 23.7 Å². The third-order valence-electron chi connectivity index (χ3n) is 5.90. The molecule has 4 heterocycles. The fraction of sp³-hybridized carbons (Fsp3) is 0.429. The highest BCUT2D eigenvalue weighted by Crippen LogP contribution is 2.36. The number of fused-ring (bicyclic) bond motifs is 2. The Labute approximate surface area is 184 Å². The molecule has 3 aliphatic heterocycles. The second kappa shape index (κ2) is 7.97. The minimum atomic E-state index is -0.393. The summed E-state index contributed by atoms with van der Waals surface area (Å²) < 4.78 is 7.17. The molecule has 10 heteroatoms. The zero-order valence-electron chi connectivity index (χ0n) is 17.2. The number of ether oxygens (including phenoxy) is 1. The van der Waals surface area contributed by atoms with E-state index in [2.05, 4.69) is 15.0 Å². The Balaban J connectivity index is 1.48. The number of carbonyl (C=O) groups excluding carboxylic acids is 2. The number of anilines is 1. The Hall–Kier alpha value is -2.91. The summed E-state index contributed by atoms with van der Waals surface area (Å²) in [6, 6.07) is 7.59. The van der Waals surface area contributed by atoms with Crippen LogP contribution < -0.4 is 4.90 Å². The highest BCUT2D eigenvalue weighted by molar-refractivity contribution is 6.39. The number of halogens is 1. The molecule has 1 unspecified atom stereocenters. The lowest BCUT2D eigenvalue weighted by molar-refractivity contribution is -0.128. The predicted molar refractivity (Wildman–Crippen MR) is 115 cm³/mol. The molecule has 2 amide bonds. The highest BCUT2D eigenvalue weighted by atomic mass is 35.5. The van der Waals surface area contributed by atoms with Crippen LogP contribution >= 0.6 is 11.6 Å². The number of nitrogens with zero attached hydrogens (tertiary/aromatic N) is 6. The van der Waals surface area contributed by atoms with E-state index in [1.165, 1.54) is 5.01 Å². The number of amides is 2. The average Bonchev–Trinajstić information content (AvgIpc) is 3.43. The smallest absolute Gasteiger partial charge is 0.296 e. The molecular weight excluding hydrogens is 420 g/mol. The minimum absolute atomic E-state index is 0.132. The van der Waals surface area contributed by atoms with Crippen LogP contribution in [0.3, 0.4) is 0 Å². The van der Waals surface area contributed by atoms with Crippen molar-refractivity contribution in [3.63, 3.8) is 0 Å². The third-order valence-corrected chi connectivity index (χ3v) is 6.15. The van der Waals surface area contributed by atoms with E-state index in [0.29, 0.717) is 68.1 Å². The zero-order valence-corrected chi connectivity index (χ0v) is 18.0. The minimum Gasteiger partial charge on any atom is -0.378 e. The van der Waals surface area contributed by atoms with Crippen LogP contribution in [-0.2, 0) is 22.6 Å². The topological polar surface area (TPSA) is 83.3 Å². The van der Waals surface area contributed by atoms with Gasteiger partial charge in [-0.05, 0) is 24.6 Å². The maximum Gasteiger partial charge on any atom is 0.296 e. The molecule has 0 saturated carbocycles. The number of morpholine rings is 1. The fourth-order valence-corrected chi connectivity index (χ4v) is 4.38. The number of hydrogen-bond acceptors (Lipinski definition) is 6. The number of aryl methyl sites for hydroxylation is 1. The number of hydrogen-bond donors (Lipinski definition) is 0. The van der Waals surface area contributed by atoms with Crippen LogP contribution in [0.1, 0.15) is 29.4 Å². The van der Waals surface area contributed by atoms with Gasteiger partial charge >= 0.3 is 0 Å². The van der Waals surface area contributed by atoms with Gasteiger partial charge in [0.1, 0.15) is 11.9 Å². The summed E-state index contributed by atoms with van der Waals surface area (Å²) in [5.74, 6) is 0.266. The molecule has 0 spiro atoms. The molecule has 0 aliphatic carbocycles. The Morgan fingerprint density at radius 2 is 1.97 bits per heavy atom. The van der Waals surface area contributed by atoms with Gasteiger partial charge in [0.15, 0.2) is 11.5 Å². The molecule has 0 radical (unpaired) electrons. The number of aromatic nitrogens is 2. The molecule has 1 atom stereocenters. The lowest BCUT2D eigenvalue weighted by Gasteiger charge is -2.38. The van der Waals surface area contributed by atoms with Crippen LogP contribution in [0.15, 0.2) is 35.7 Å². The zero-order chi connectivity index (χ0) is 21.5. The van der Waals surface area contributed by atoms with Crippen molar-refractivity contribution in [3.05, 3.63) is 46.9 Å². The van der Waals surface area contributed by atoms with Crippen molar-refractivity contribution in [2.45, 2.75) is 32.6 Å². The highest BCUT2D eigenvalue weighted by Gasteiger charge is 2.46. The van der Waals surface area contributed by atoms with Crippen molar-refractivity contribution in [2.75, 3.05) is 31.2 Å². The molecule has 1 saturated heterocycles. The Morgan fingerprint density at radius 1 is 1.23 bits per heavy atom. The van der Waals surface area contributed by atoms with Gasteiger partial charge in [-0.25, -0.2) is 9.99 Å². The molecule has 3 aliphatic rings. The quantitative estimate of drug-likeness (QED) is 0.722. The predicted octanol–water partition coefficient (Wildman–Crippen LogP) is 1.96. The van der Waals surface area contributed by atoms with E-state index in [1.807, 2.05) is 35.8 Å². The molecule has 1 aromatic carbocycles. The van der Waals surface area contributed by atoms with Gasteiger partial charge in [0, 0.05) is 37.6 Å². The number of benzene rings is 1. The maximum absolute atomic E-state index is 13.3. The van der Waals surface area contributed by atoms with Gasteiger partial charge in [0.05, 0.1) is 19.5 Å². The van der Waals surface area contributed by atoms with E-state index < -0.39 is 6.17 Å². The van der Waals surface area contributed by atoms with Crippen LogP contribution in [0.2, 0.25) is 5.02 Å². The summed E-state index contributed by atoms with van der Waals surface area (Å²) >= 11 is 6.04. The summed E-state index contributed by atoms with van der Waals surface area (Å²) in [6.45, 7) is 5.21. The molecule has 2 aromatic rings. The van der Waals surface area contributed by atoms with Crippen molar-refractivity contribution in [3.8, 4) is 0 Å². The fourth-order valence-electron chi connectivity index (χ4n) is 4.26.